The third-order valence-corrected chi connectivity index (χ3v) is 6.36. The molecule has 0 unspecified atom stereocenters. The van der Waals surface area contributed by atoms with Crippen molar-refractivity contribution in [3.63, 3.8) is 0 Å². The molecule has 0 fully saturated rings. The van der Waals surface area contributed by atoms with Crippen LogP contribution in [0.15, 0.2) is 71.9 Å². The van der Waals surface area contributed by atoms with Gasteiger partial charge in [-0.05, 0) is 36.4 Å². The summed E-state index contributed by atoms with van der Waals surface area (Å²) in [5.74, 6) is -0.404. The maximum absolute atomic E-state index is 12.7. The zero-order valence-electron chi connectivity index (χ0n) is 12.4. The molecule has 3 aromatic rings. The standard InChI is InChI=1S/C16H13N3O3S2/c1-2-15(20)18-12-8-10-19(11-12)24(21,22)16-7-6-14(23-16)13-5-3-4-9-17-13/h2-11H,1H2,(H,18,20). The number of hydrogen-bond acceptors (Lipinski definition) is 5. The van der Waals surface area contributed by atoms with E-state index in [0.29, 0.717) is 5.69 Å². The van der Waals surface area contributed by atoms with Crippen molar-refractivity contribution in [1.82, 2.24) is 8.96 Å². The van der Waals surface area contributed by atoms with Gasteiger partial charge in [-0.25, -0.2) is 3.97 Å². The van der Waals surface area contributed by atoms with Gasteiger partial charge in [0.1, 0.15) is 4.21 Å². The van der Waals surface area contributed by atoms with Gasteiger partial charge in [0.05, 0.1) is 16.3 Å². The van der Waals surface area contributed by atoms with Gasteiger partial charge < -0.3 is 5.32 Å². The summed E-state index contributed by atoms with van der Waals surface area (Å²) in [6.07, 6.45) is 5.50. The summed E-state index contributed by atoms with van der Waals surface area (Å²) in [6, 6.07) is 10.2. The number of thiophene rings is 1. The van der Waals surface area contributed by atoms with Gasteiger partial charge in [-0.1, -0.05) is 12.6 Å². The lowest BCUT2D eigenvalue weighted by Gasteiger charge is -2.02. The van der Waals surface area contributed by atoms with Gasteiger partial charge in [0, 0.05) is 18.6 Å². The van der Waals surface area contributed by atoms with Crippen LogP contribution in [0, 0.1) is 0 Å². The summed E-state index contributed by atoms with van der Waals surface area (Å²) in [5.41, 5.74) is 1.10. The van der Waals surface area contributed by atoms with E-state index in [1.165, 1.54) is 18.5 Å². The average Bonchev–Trinajstić information content (AvgIpc) is 3.25. The molecule has 0 saturated carbocycles. The van der Waals surface area contributed by atoms with E-state index in [1.807, 2.05) is 12.1 Å². The molecule has 0 bridgehead atoms. The predicted molar refractivity (Wildman–Crippen MR) is 93.4 cm³/mol. The first-order valence-corrected chi connectivity index (χ1v) is 9.14. The quantitative estimate of drug-likeness (QED) is 0.710. The van der Waals surface area contributed by atoms with E-state index in [1.54, 1.807) is 24.4 Å². The number of anilines is 1. The molecule has 0 atom stereocenters. The minimum absolute atomic E-state index is 0.195. The largest absolute Gasteiger partial charge is 0.321 e. The molecule has 6 nitrogen and oxygen atoms in total. The zero-order chi connectivity index (χ0) is 17.2. The van der Waals surface area contributed by atoms with Crippen LogP contribution < -0.4 is 5.32 Å². The molecule has 0 aliphatic carbocycles. The summed E-state index contributed by atoms with van der Waals surface area (Å²) in [6.45, 7) is 3.35. The molecule has 0 radical (unpaired) electrons. The minimum atomic E-state index is -3.72. The zero-order valence-corrected chi connectivity index (χ0v) is 14.0. The number of pyridine rings is 1. The maximum Gasteiger partial charge on any atom is 0.277 e. The molecule has 3 rings (SSSR count). The Balaban J connectivity index is 1.90. The highest BCUT2D eigenvalue weighted by molar-refractivity contribution is 7.92. The number of hydrogen-bond donors (Lipinski definition) is 1. The first kappa shape index (κ1) is 16.2. The van der Waals surface area contributed by atoms with Crippen molar-refractivity contribution in [3.8, 4) is 10.6 Å². The summed E-state index contributed by atoms with van der Waals surface area (Å²) >= 11 is 1.14. The van der Waals surface area contributed by atoms with Crippen LogP contribution in [0.2, 0.25) is 0 Å². The number of carbonyl (C=O) groups excluding carboxylic acids is 1. The van der Waals surface area contributed by atoms with Gasteiger partial charge in [0.15, 0.2) is 0 Å². The van der Waals surface area contributed by atoms with Crippen LogP contribution in [0.3, 0.4) is 0 Å². The van der Waals surface area contributed by atoms with Crippen molar-refractivity contribution in [2.45, 2.75) is 4.21 Å². The molecule has 3 heterocycles. The Hall–Kier alpha value is -2.71. The van der Waals surface area contributed by atoms with Crippen molar-refractivity contribution >= 4 is 33.0 Å². The van der Waals surface area contributed by atoms with Crippen molar-refractivity contribution in [2.75, 3.05) is 5.32 Å². The third kappa shape index (κ3) is 3.15. The molecule has 0 aromatic carbocycles. The van der Waals surface area contributed by atoms with Gasteiger partial charge in [-0.15, -0.1) is 11.3 Å². The Morgan fingerprint density at radius 3 is 2.79 bits per heavy atom. The van der Waals surface area contributed by atoms with Crippen LogP contribution >= 0.6 is 11.3 Å². The lowest BCUT2D eigenvalue weighted by Crippen LogP contribution is -2.10. The fourth-order valence-corrected chi connectivity index (χ4v) is 4.59. The highest BCUT2D eigenvalue weighted by Crippen LogP contribution is 2.31. The topological polar surface area (TPSA) is 81.1 Å². The molecule has 0 aliphatic rings. The summed E-state index contributed by atoms with van der Waals surface area (Å²) < 4.78 is 26.6. The van der Waals surface area contributed by atoms with E-state index in [4.69, 9.17) is 0 Å². The fraction of sp³-hybridized carbons (Fsp3) is 0. The SMILES string of the molecule is C=CC(=O)Nc1ccn(S(=O)(=O)c2ccc(-c3ccccn3)s2)c1. The summed E-state index contributed by atoms with van der Waals surface area (Å²) in [5, 5.41) is 2.52. The molecule has 0 aliphatic heterocycles. The number of nitrogens with one attached hydrogen (secondary N) is 1. The molecule has 0 spiro atoms. The highest BCUT2D eigenvalue weighted by Gasteiger charge is 2.20. The van der Waals surface area contributed by atoms with E-state index in [9.17, 15) is 13.2 Å². The molecule has 1 N–H and O–H groups in total. The van der Waals surface area contributed by atoms with Crippen molar-refractivity contribution in [3.05, 3.63) is 67.6 Å². The number of amides is 1. The average molecular weight is 359 g/mol. The smallest absolute Gasteiger partial charge is 0.277 e. The molecule has 3 aromatic heterocycles. The van der Waals surface area contributed by atoms with Crippen LogP contribution in [-0.4, -0.2) is 23.3 Å². The molecule has 24 heavy (non-hydrogen) atoms. The molecular formula is C16H13N3O3S2. The van der Waals surface area contributed by atoms with Crippen LogP contribution in [0.4, 0.5) is 5.69 Å². The van der Waals surface area contributed by atoms with E-state index in [0.717, 1.165) is 32.0 Å². The normalized spacial score (nSPS) is 11.2. The van der Waals surface area contributed by atoms with Crippen molar-refractivity contribution in [1.29, 1.82) is 0 Å². The van der Waals surface area contributed by atoms with Crippen LogP contribution in [0.1, 0.15) is 0 Å². The van der Waals surface area contributed by atoms with E-state index < -0.39 is 15.9 Å². The molecule has 8 heteroatoms. The third-order valence-electron chi connectivity index (χ3n) is 3.15. The number of carbonyl (C=O) groups is 1. The van der Waals surface area contributed by atoms with E-state index in [2.05, 4.69) is 16.9 Å². The minimum Gasteiger partial charge on any atom is -0.321 e. The van der Waals surface area contributed by atoms with Crippen LogP contribution in [-0.2, 0) is 14.8 Å². The molecule has 1 amide bonds. The van der Waals surface area contributed by atoms with E-state index >= 15 is 0 Å². The van der Waals surface area contributed by atoms with Gasteiger partial charge in [0.2, 0.25) is 5.91 Å². The Kier molecular flexibility index (Phi) is 4.32. The highest BCUT2D eigenvalue weighted by atomic mass is 32.2. The van der Waals surface area contributed by atoms with Gasteiger partial charge in [-0.2, -0.15) is 8.42 Å². The van der Waals surface area contributed by atoms with Gasteiger partial charge in [0.25, 0.3) is 10.0 Å². The van der Waals surface area contributed by atoms with Crippen LogP contribution in [0.5, 0.6) is 0 Å². The number of nitrogens with zero attached hydrogens (tertiary/aromatic N) is 2. The summed E-state index contributed by atoms with van der Waals surface area (Å²) in [7, 11) is -3.72. The first-order valence-electron chi connectivity index (χ1n) is 6.89. The first-order chi connectivity index (χ1) is 11.5. The van der Waals surface area contributed by atoms with Crippen molar-refractivity contribution < 1.29 is 13.2 Å². The molecular weight excluding hydrogens is 346 g/mol. The van der Waals surface area contributed by atoms with Crippen LogP contribution in [0.25, 0.3) is 10.6 Å². The Morgan fingerprint density at radius 1 is 1.25 bits per heavy atom. The second kappa shape index (κ2) is 6.42. The van der Waals surface area contributed by atoms with Gasteiger partial charge >= 0.3 is 0 Å². The Morgan fingerprint density at radius 2 is 2.08 bits per heavy atom. The Labute approximate surface area is 143 Å². The lowest BCUT2D eigenvalue weighted by molar-refractivity contribution is -0.111. The molecule has 0 saturated heterocycles. The predicted octanol–water partition coefficient (Wildman–Crippen LogP) is 2.97. The molecule has 122 valence electrons. The second-order valence-electron chi connectivity index (χ2n) is 4.76. The Bertz CT molecular complexity index is 989. The number of rotatable bonds is 5. The number of aromatic nitrogens is 2. The summed E-state index contributed by atoms with van der Waals surface area (Å²) in [4.78, 5) is 16.3. The fourth-order valence-electron chi connectivity index (χ4n) is 2.00. The van der Waals surface area contributed by atoms with Crippen molar-refractivity contribution in [2.24, 2.45) is 0 Å². The van der Waals surface area contributed by atoms with E-state index in [-0.39, 0.29) is 4.21 Å². The lowest BCUT2D eigenvalue weighted by atomic mass is 10.3. The maximum atomic E-state index is 12.7. The second-order valence-corrected chi connectivity index (χ2v) is 7.92. The monoisotopic (exact) mass is 359 g/mol. The van der Waals surface area contributed by atoms with Gasteiger partial charge in [-0.3, -0.25) is 9.78 Å².